The van der Waals surface area contributed by atoms with Gasteiger partial charge in [-0.15, -0.1) is 0 Å². The molecule has 2 atom stereocenters. The van der Waals surface area contributed by atoms with Crippen LogP contribution in [-0.2, 0) is 9.59 Å². The fourth-order valence-electron chi connectivity index (χ4n) is 1.54. The third-order valence-corrected chi connectivity index (χ3v) is 2.36. The van der Waals surface area contributed by atoms with Gasteiger partial charge >= 0.3 is 0 Å². The fourth-order valence-corrected chi connectivity index (χ4v) is 1.54. The third-order valence-electron chi connectivity index (χ3n) is 2.36. The smallest absolute Gasteiger partial charge is 0.249 e. The maximum Gasteiger partial charge on any atom is 0.249 e. The fraction of sp³-hybridized carbons (Fsp3) is 0.833. The highest BCUT2D eigenvalue weighted by Gasteiger charge is 2.23. The predicted molar refractivity (Wildman–Crippen MR) is 66.0 cm³/mol. The Morgan fingerprint density at radius 1 is 1.12 bits per heavy atom. The van der Waals surface area contributed by atoms with Gasteiger partial charge in [-0.25, -0.2) is 0 Å². The van der Waals surface area contributed by atoms with Crippen LogP contribution >= 0.6 is 0 Å². The first-order chi connectivity index (χ1) is 7.73. The standard InChI is InChI=1S/C12H24N2O3/c1-7(2)5-9(11(13)16)14-12(17)10(15)6-8(3)4/h7-10,15H,5-6H2,1-4H3,(H2,13,16)(H,14,17)/t9-,10+/m0/s1. The van der Waals surface area contributed by atoms with Crippen molar-refractivity contribution in [3.8, 4) is 0 Å². The Labute approximate surface area is 103 Å². The van der Waals surface area contributed by atoms with Crippen LogP contribution in [0.15, 0.2) is 0 Å². The molecule has 0 aromatic heterocycles. The van der Waals surface area contributed by atoms with Gasteiger partial charge in [0.1, 0.15) is 12.1 Å². The van der Waals surface area contributed by atoms with E-state index in [4.69, 9.17) is 5.73 Å². The minimum atomic E-state index is -1.08. The van der Waals surface area contributed by atoms with Crippen molar-refractivity contribution in [1.29, 1.82) is 0 Å². The van der Waals surface area contributed by atoms with Crippen molar-refractivity contribution in [2.24, 2.45) is 17.6 Å². The number of aliphatic hydroxyl groups is 1. The average molecular weight is 244 g/mol. The Morgan fingerprint density at radius 2 is 1.59 bits per heavy atom. The largest absolute Gasteiger partial charge is 0.383 e. The summed E-state index contributed by atoms with van der Waals surface area (Å²) in [4.78, 5) is 22.7. The molecule has 2 amide bonds. The highest BCUT2D eigenvalue weighted by atomic mass is 16.3. The highest BCUT2D eigenvalue weighted by Crippen LogP contribution is 2.07. The number of hydrogen-bond acceptors (Lipinski definition) is 3. The van der Waals surface area contributed by atoms with Crippen molar-refractivity contribution in [3.05, 3.63) is 0 Å². The molecule has 5 heteroatoms. The van der Waals surface area contributed by atoms with Crippen LogP contribution in [0, 0.1) is 11.8 Å². The Bertz CT molecular complexity index is 264. The lowest BCUT2D eigenvalue weighted by Crippen LogP contribution is -2.48. The van der Waals surface area contributed by atoms with Gasteiger partial charge in [0.15, 0.2) is 0 Å². The first-order valence-corrected chi connectivity index (χ1v) is 6.01. The molecule has 0 rings (SSSR count). The number of carbonyl (C=O) groups is 2. The highest BCUT2D eigenvalue weighted by molar-refractivity contribution is 5.88. The monoisotopic (exact) mass is 244 g/mol. The second-order valence-electron chi connectivity index (χ2n) is 5.24. The molecule has 0 saturated heterocycles. The molecule has 100 valence electrons. The van der Waals surface area contributed by atoms with Gasteiger partial charge in [-0.1, -0.05) is 27.7 Å². The van der Waals surface area contributed by atoms with E-state index in [-0.39, 0.29) is 11.8 Å². The molecule has 0 heterocycles. The van der Waals surface area contributed by atoms with Crippen LogP contribution in [0.3, 0.4) is 0 Å². The van der Waals surface area contributed by atoms with E-state index in [0.717, 1.165) is 0 Å². The third kappa shape index (κ3) is 6.94. The maximum atomic E-state index is 11.6. The van der Waals surface area contributed by atoms with Crippen LogP contribution < -0.4 is 11.1 Å². The van der Waals surface area contributed by atoms with Gasteiger partial charge in [-0.2, -0.15) is 0 Å². The van der Waals surface area contributed by atoms with Crippen LogP contribution in [0.1, 0.15) is 40.5 Å². The second kappa shape index (κ2) is 7.27. The van der Waals surface area contributed by atoms with E-state index in [0.29, 0.717) is 12.8 Å². The topological polar surface area (TPSA) is 92.4 Å². The van der Waals surface area contributed by atoms with Crippen LogP contribution in [0.5, 0.6) is 0 Å². The Hall–Kier alpha value is -1.10. The predicted octanol–water partition coefficient (Wildman–Crippen LogP) is 0.410. The summed E-state index contributed by atoms with van der Waals surface area (Å²) in [6.45, 7) is 7.70. The summed E-state index contributed by atoms with van der Waals surface area (Å²) in [7, 11) is 0. The van der Waals surface area contributed by atoms with Gasteiger partial charge in [0.25, 0.3) is 0 Å². The average Bonchev–Trinajstić information content (AvgIpc) is 2.14. The number of aliphatic hydroxyl groups excluding tert-OH is 1. The summed E-state index contributed by atoms with van der Waals surface area (Å²) in [6.07, 6.45) is -0.224. The van der Waals surface area contributed by atoms with E-state index in [1.165, 1.54) is 0 Å². The van der Waals surface area contributed by atoms with E-state index >= 15 is 0 Å². The normalized spacial score (nSPS) is 14.8. The first kappa shape index (κ1) is 15.9. The van der Waals surface area contributed by atoms with Gasteiger partial charge in [0.2, 0.25) is 11.8 Å². The van der Waals surface area contributed by atoms with Crippen molar-refractivity contribution in [2.75, 3.05) is 0 Å². The summed E-state index contributed by atoms with van der Waals surface area (Å²) in [5.74, 6) is -0.630. The van der Waals surface area contributed by atoms with Gasteiger partial charge < -0.3 is 16.2 Å². The lowest BCUT2D eigenvalue weighted by Gasteiger charge is -2.20. The van der Waals surface area contributed by atoms with Gasteiger partial charge in [-0.3, -0.25) is 9.59 Å². The van der Waals surface area contributed by atoms with Crippen LogP contribution in [0.25, 0.3) is 0 Å². The molecule has 5 nitrogen and oxygen atoms in total. The number of nitrogens with one attached hydrogen (secondary N) is 1. The summed E-state index contributed by atoms with van der Waals surface area (Å²) < 4.78 is 0. The molecule has 0 aromatic rings. The minimum absolute atomic E-state index is 0.216. The summed E-state index contributed by atoms with van der Waals surface area (Å²) >= 11 is 0. The summed E-state index contributed by atoms with van der Waals surface area (Å²) in [5.41, 5.74) is 5.20. The molecule has 0 unspecified atom stereocenters. The molecular formula is C12H24N2O3. The molecule has 17 heavy (non-hydrogen) atoms. The molecule has 0 spiro atoms. The Kier molecular flexibility index (Phi) is 6.80. The van der Waals surface area contributed by atoms with E-state index in [1.807, 2.05) is 27.7 Å². The molecular weight excluding hydrogens is 220 g/mol. The summed E-state index contributed by atoms with van der Waals surface area (Å²) in [6, 6.07) is -0.704. The second-order valence-corrected chi connectivity index (χ2v) is 5.24. The number of hydrogen-bond donors (Lipinski definition) is 3. The van der Waals surface area contributed by atoms with Crippen molar-refractivity contribution >= 4 is 11.8 Å². The molecule has 0 aliphatic heterocycles. The zero-order valence-electron chi connectivity index (χ0n) is 11.1. The van der Waals surface area contributed by atoms with Crippen LogP contribution in [0.2, 0.25) is 0 Å². The molecule has 0 radical (unpaired) electrons. The van der Waals surface area contributed by atoms with Gasteiger partial charge in [-0.05, 0) is 24.7 Å². The molecule has 0 aliphatic rings. The minimum Gasteiger partial charge on any atom is -0.383 e. The van der Waals surface area contributed by atoms with Crippen LogP contribution in [0.4, 0.5) is 0 Å². The number of primary amides is 1. The van der Waals surface area contributed by atoms with E-state index < -0.39 is 24.0 Å². The van der Waals surface area contributed by atoms with Crippen molar-refractivity contribution in [1.82, 2.24) is 5.32 Å². The molecule has 0 saturated carbocycles. The lowest BCUT2D eigenvalue weighted by atomic mass is 10.0. The molecule has 0 fully saturated rings. The van der Waals surface area contributed by atoms with E-state index in [1.54, 1.807) is 0 Å². The molecule has 0 bridgehead atoms. The van der Waals surface area contributed by atoms with Crippen molar-refractivity contribution in [3.63, 3.8) is 0 Å². The first-order valence-electron chi connectivity index (χ1n) is 6.01. The molecule has 4 N–H and O–H groups in total. The van der Waals surface area contributed by atoms with Gasteiger partial charge in [0.05, 0.1) is 0 Å². The lowest BCUT2D eigenvalue weighted by molar-refractivity contribution is -0.134. The molecule has 0 aliphatic carbocycles. The van der Waals surface area contributed by atoms with Crippen molar-refractivity contribution < 1.29 is 14.7 Å². The maximum absolute atomic E-state index is 11.6. The van der Waals surface area contributed by atoms with E-state index in [2.05, 4.69) is 5.32 Å². The van der Waals surface area contributed by atoms with E-state index in [9.17, 15) is 14.7 Å². The number of carbonyl (C=O) groups excluding carboxylic acids is 2. The zero-order chi connectivity index (χ0) is 13.6. The molecule has 0 aromatic carbocycles. The quantitative estimate of drug-likeness (QED) is 0.605. The Balaban J connectivity index is 4.35. The number of rotatable bonds is 7. The summed E-state index contributed by atoms with van der Waals surface area (Å²) in [5, 5.41) is 12.1. The Morgan fingerprint density at radius 3 is 1.94 bits per heavy atom. The zero-order valence-corrected chi connectivity index (χ0v) is 11.1. The van der Waals surface area contributed by atoms with Crippen LogP contribution in [-0.4, -0.2) is 29.1 Å². The number of amides is 2. The number of nitrogens with two attached hydrogens (primary N) is 1. The van der Waals surface area contributed by atoms with Crippen molar-refractivity contribution in [2.45, 2.75) is 52.7 Å². The SMILES string of the molecule is CC(C)C[C@@H](O)C(=O)N[C@@H](CC(C)C)C(N)=O. The van der Waals surface area contributed by atoms with Gasteiger partial charge in [0, 0.05) is 0 Å².